The monoisotopic (exact) mass is 639 g/mol. The maximum atomic E-state index is 5.88. The number of hydrogen-bond acceptors (Lipinski definition) is 9. The van der Waals surface area contributed by atoms with Gasteiger partial charge in [-0.3, -0.25) is 0 Å². The lowest BCUT2D eigenvalue weighted by Crippen LogP contribution is -2.23. The van der Waals surface area contributed by atoms with Crippen LogP contribution in [0.25, 0.3) is 22.3 Å². The summed E-state index contributed by atoms with van der Waals surface area (Å²) < 4.78 is 0. The van der Waals surface area contributed by atoms with E-state index in [1.165, 1.54) is 90.2 Å². The Morgan fingerprint density at radius 3 is 1.74 bits per heavy atom. The van der Waals surface area contributed by atoms with E-state index >= 15 is 0 Å². The van der Waals surface area contributed by atoms with Gasteiger partial charge in [-0.1, -0.05) is 70.9 Å². The number of halogens is 3. The van der Waals surface area contributed by atoms with Crippen LogP contribution in [0, 0.1) is 0 Å². The molecule has 232 valence electrons. The molecular formula is C28H44Cl3N11. The average Bonchev–Trinajstić information content (AvgIpc) is 3.66. The predicted molar refractivity (Wildman–Crippen MR) is 173 cm³/mol. The first-order valence-corrected chi connectivity index (χ1v) is 16.1. The van der Waals surface area contributed by atoms with Crippen molar-refractivity contribution < 1.29 is 0 Å². The maximum Gasteiger partial charge on any atom is 0.226 e. The van der Waals surface area contributed by atoms with E-state index in [-0.39, 0.29) is 15.7 Å². The molecule has 2 fully saturated rings. The van der Waals surface area contributed by atoms with Crippen LogP contribution in [0.15, 0.2) is 12.7 Å². The van der Waals surface area contributed by atoms with Gasteiger partial charge in [0.15, 0.2) is 22.3 Å². The van der Waals surface area contributed by atoms with Crippen molar-refractivity contribution in [2.75, 3.05) is 25.0 Å². The number of aromatic nitrogens is 8. The van der Waals surface area contributed by atoms with Gasteiger partial charge in [-0.25, -0.2) is 15.0 Å². The van der Waals surface area contributed by atoms with Crippen molar-refractivity contribution in [1.29, 1.82) is 0 Å². The number of H-pyrrole nitrogens is 2. The van der Waals surface area contributed by atoms with Crippen molar-refractivity contribution in [3.8, 4) is 0 Å². The molecule has 0 saturated heterocycles. The third-order valence-electron chi connectivity index (χ3n) is 7.41. The van der Waals surface area contributed by atoms with E-state index in [1.807, 2.05) is 0 Å². The highest BCUT2D eigenvalue weighted by atomic mass is 35.5. The summed E-state index contributed by atoms with van der Waals surface area (Å²) in [5.74, 6) is 0.768. The van der Waals surface area contributed by atoms with Crippen LogP contribution in [0.5, 0.6) is 0 Å². The van der Waals surface area contributed by atoms with Gasteiger partial charge in [-0.05, 0) is 68.5 Å². The Kier molecular flexibility index (Phi) is 15.0. The van der Waals surface area contributed by atoms with E-state index in [1.54, 1.807) is 6.33 Å². The first-order valence-electron chi connectivity index (χ1n) is 15.0. The van der Waals surface area contributed by atoms with Gasteiger partial charge < -0.3 is 25.9 Å². The van der Waals surface area contributed by atoms with Crippen LogP contribution in [-0.2, 0) is 0 Å². The summed E-state index contributed by atoms with van der Waals surface area (Å²) >= 11 is 17.1. The van der Waals surface area contributed by atoms with Crippen LogP contribution in [-0.4, -0.2) is 76.5 Å². The fourth-order valence-corrected chi connectivity index (χ4v) is 5.52. The standard InChI is InChI=1S/C11H14ClN5.C6H13N.C6H15N.C5H2Cl2N4/c12-11-16-9-8(13-6-14-9)10(17-11)15-7-4-2-1-3-5-7;7-6-4-2-1-3-5-6;1-4-7(5-2)6-3;6-3-2-4(9-1-8-2)11-5(7)10-3/h6-7H,1-5H2,(H2,13,14,15,16,17);6H,1-5,7H2;4-6H2,1-3H3;1H,(H,8,9,10,11). The van der Waals surface area contributed by atoms with E-state index < -0.39 is 0 Å². The Labute approximate surface area is 263 Å². The number of nitrogens with two attached hydrogens (primary N) is 1. The van der Waals surface area contributed by atoms with Crippen LogP contribution >= 0.6 is 34.8 Å². The molecule has 0 radical (unpaired) electrons. The minimum absolute atomic E-state index is 0.106. The predicted octanol–water partition coefficient (Wildman–Crippen LogP) is 7.04. The Morgan fingerprint density at radius 2 is 1.24 bits per heavy atom. The molecule has 0 aliphatic heterocycles. The van der Waals surface area contributed by atoms with Gasteiger partial charge in [-0.15, -0.1) is 0 Å². The number of imidazole rings is 2. The zero-order valence-electron chi connectivity index (χ0n) is 24.8. The molecule has 42 heavy (non-hydrogen) atoms. The van der Waals surface area contributed by atoms with Crippen LogP contribution in [0.4, 0.5) is 5.82 Å². The van der Waals surface area contributed by atoms with Gasteiger partial charge >= 0.3 is 0 Å². The van der Waals surface area contributed by atoms with Gasteiger partial charge in [0.05, 0.1) is 12.7 Å². The quantitative estimate of drug-likeness (QED) is 0.133. The number of fused-ring (bicyclic) bond motifs is 2. The third kappa shape index (κ3) is 11.1. The van der Waals surface area contributed by atoms with Crippen molar-refractivity contribution in [3.05, 3.63) is 28.4 Å². The SMILES string of the molecule is CCN(CC)CC.Clc1nc(Cl)c2[nH]cnc2n1.Clc1nc(NC2CCCCC2)c2[nH]cnc2n1.NC1CCCCC1. The van der Waals surface area contributed by atoms with E-state index in [0.29, 0.717) is 28.9 Å². The van der Waals surface area contributed by atoms with Crippen molar-refractivity contribution in [1.82, 2.24) is 44.8 Å². The molecule has 14 heteroatoms. The molecule has 11 nitrogen and oxygen atoms in total. The van der Waals surface area contributed by atoms with Gasteiger partial charge in [-0.2, -0.15) is 15.0 Å². The summed E-state index contributed by atoms with van der Waals surface area (Å²) in [5.41, 5.74) is 8.17. The van der Waals surface area contributed by atoms with E-state index in [0.717, 1.165) is 11.3 Å². The van der Waals surface area contributed by atoms with Gasteiger partial charge in [0.25, 0.3) is 0 Å². The smallest absolute Gasteiger partial charge is 0.226 e. The van der Waals surface area contributed by atoms with E-state index in [2.05, 4.69) is 70.9 Å². The molecule has 2 aliphatic rings. The second-order valence-corrected chi connectivity index (χ2v) is 11.4. The highest BCUT2D eigenvalue weighted by Crippen LogP contribution is 2.24. The normalized spacial score (nSPS) is 15.8. The van der Waals surface area contributed by atoms with Crippen molar-refractivity contribution in [3.63, 3.8) is 0 Å². The fraction of sp³-hybridized carbons (Fsp3) is 0.643. The average molecular weight is 641 g/mol. The lowest BCUT2D eigenvalue weighted by Gasteiger charge is -2.23. The van der Waals surface area contributed by atoms with Gasteiger partial charge in [0.1, 0.15) is 11.0 Å². The summed E-state index contributed by atoms with van der Waals surface area (Å²) in [7, 11) is 0. The highest BCUT2D eigenvalue weighted by Gasteiger charge is 2.16. The summed E-state index contributed by atoms with van der Waals surface area (Å²) in [6, 6.07) is 1.02. The number of nitrogens with zero attached hydrogens (tertiary/aromatic N) is 7. The Hall–Kier alpha value is -2.31. The topological polar surface area (TPSA) is 150 Å². The lowest BCUT2D eigenvalue weighted by atomic mass is 9.95. The summed E-state index contributed by atoms with van der Waals surface area (Å²) in [5, 5.41) is 4.08. The molecule has 2 aliphatic carbocycles. The zero-order chi connectivity index (χ0) is 30.3. The minimum atomic E-state index is 0.106. The first-order chi connectivity index (χ1) is 20.3. The molecule has 0 spiro atoms. The highest BCUT2D eigenvalue weighted by molar-refractivity contribution is 6.35. The molecule has 0 atom stereocenters. The molecule has 5 N–H and O–H groups in total. The molecule has 2 saturated carbocycles. The molecular weight excluding hydrogens is 597 g/mol. The second-order valence-electron chi connectivity index (χ2n) is 10.3. The largest absolute Gasteiger partial charge is 0.365 e. The van der Waals surface area contributed by atoms with Crippen molar-refractivity contribution in [2.45, 2.75) is 97.1 Å². The molecule has 0 amide bonds. The van der Waals surface area contributed by atoms with Gasteiger partial charge in [0, 0.05) is 12.1 Å². The summed E-state index contributed by atoms with van der Waals surface area (Å²) in [6.45, 7) is 10.1. The lowest BCUT2D eigenvalue weighted by molar-refractivity contribution is 0.321. The molecule has 6 rings (SSSR count). The molecule has 0 aromatic carbocycles. The summed E-state index contributed by atoms with van der Waals surface area (Å²) in [4.78, 5) is 32.0. The van der Waals surface area contributed by atoms with Crippen LogP contribution < -0.4 is 11.1 Å². The first kappa shape index (κ1) is 34.2. The number of anilines is 1. The molecule has 0 bridgehead atoms. The number of aromatic amines is 2. The van der Waals surface area contributed by atoms with Crippen LogP contribution in [0.3, 0.4) is 0 Å². The molecule has 0 unspecified atom stereocenters. The summed E-state index contributed by atoms with van der Waals surface area (Å²) in [6.07, 6.45) is 16.0. The Bertz CT molecular complexity index is 1310. The maximum absolute atomic E-state index is 5.88. The zero-order valence-corrected chi connectivity index (χ0v) is 27.1. The van der Waals surface area contributed by atoms with Crippen LogP contribution in [0.1, 0.15) is 85.0 Å². The van der Waals surface area contributed by atoms with Crippen LogP contribution in [0.2, 0.25) is 15.7 Å². The van der Waals surface area contributed by atoms with Crippen molar-refractivity contribution >= 4 is 62.9 Å². The third-order valence-corrected chi connectivity index (χ3v) is 8.02. The van der Waals surface area contributed by atoms with Crippen molar-refractivity contribution in [2.24, 2.45) is 5.73 Å². The Morgan fingerprint density at radius 1 is 0.738 bits per heavy atom. The second kappa shape index (κ2) is 18.4. The van der Waals surface area contributed by atoms with Gasteiger partial charge in [0.2, 0.25) is 10.6 Å². The fourth-order valence-electron chi connectivity index (χ4n) is 4.93. The number of rotatable bonds is 5. The van der Waals surface area contributed by atoms with E-state index in [4.69, 9.17) is 40.5 Å². The Balaban J connectivity index is 0.000000167. The molecule has 4 aromatic rings. The minimum Gasteiger partial charge on any atom is -0.365 e. The number of nitrogens with one attached hydrogen (secondary N) is 3. The molecule has 4 heterocycles. The molecule has 4 aromatic heterocycles. The van der Waals surface area contributed by atoms with E-state index in [9.17, 15) is 0 Å². The number of hydrogen-bond donors (Lipinski definition) is 4.